The van der Waals surface area contributed by atoms with Crippen molar-refractivity contribution >= 4 is 5.91 Å². The van der Waals surface area contributed by atoms with Gasteiger partial charge in [-0.05, 0) is 56.7 Å². The van der Waals surface area contributed by atoms with E-state index in [0.29, 0.717) is 18.2 Å². The van der Waals surface area contributed by atoms with Crippen LogP contribution in [-0.2, 0) is 16.0 Å². The van der Waals surface area contributed by atoms with Gasteiger partial charge >= 0.3 is 0 Å². The molecule has 0 aromatic heterocycles. The van der Waals surface area contributed by atoms with Gasteiger partial charge in [0.15, 0.2) is 0 Å². The van der Waals surface area contributed by atoms with Crippen LogP contribution in [0.2, 0.25) is 0 Å². The summed E-state index contributed by atoms with van der Waals surface area (Å²) in [6.45, 7) is 4.61. The zero-order valence-electron chi connectivity index (χ0n) is 15.7. The number of carbonyl (C=O) groups is 1. The lowest BCUT2D eigenvalue weighted by Crippen LogP contribution is -2.40. The van der Waals surface area contributed by atoms with Crippen molar-refractivity contribution in [1.82, 2.24) is 9.80 Å². The van der Waals surface area contributed by atoms with Crippen molar-refractivity contribution in [2.75, 3.05) is 46.9 Å². The molecule has 2 fully saturated rings. The zero-order chi connectivity index (χ0) is 17.7. The van der Waals surface area contributed by atoms with Crippen LogP contribution in [0.3, 0.4) is 0 Å². The minimum Gasteiger partial charge on any atom is -0.381 e. The summed E-state index contributed by atoms with van der Waals surface area (Å²) in [5, 5.41) is 0. The molecule has 138 valence electrons. The molecule has 4 nitrogen and oxygen atoms in total. The smallest absolute Gasteiger partial charge is 0.222 e. The van der Waals surface area contributed by atoms with Crippen molar-refractivity contribution in [1.29, 1.82) is 0 Å². The Balaban J connectivity index is 1.55. The van der Waals surface area contributed by atoms with E-state index in [-0.39, 0.29) is 5.41 Å². The molecular weight excluding hydrogens is 312 g/mol. The van der Waals surface area contributed by atoms with E-state index >= 15 is 0 Å². The van der Waals surface area contributed by atoms with E-state index in [2.05, 4.69) is 48.2 Å². The van der Waals surface area contributed by atoms with Gasteiger partial charge in [-0.3, -0.25) is 4.79 Å². The van der Waals surface area contributed by atoms with Crippen LogP contribution in [0, 0.1) is 11.3 Å². The summed E-state index contributed by atoms with van der Waals surface area (Å²) in [4.78, 5) is 17.2. The maximum Gasteiger partial charge on any atom is 0.222 e. The third-order valence-corrected chi connectivity index (χ3v) is 5.94. The van der Waals surface area contributed by atoms with Crippen molar-refractivity contribution in [2.24, 2.45) is 11.3 Å². The van der Waals surface area contributed by atoms with E-state index in [1.54, 1.807) is 0 Å². The van der Waals surface area contributed by atoms with Crippen LogP contribution in [0.25, 0.3) is 0 Å². The molecule has 0 aliphatic carbocycles. The minimum absolute atomic E-state index is 0.275. The Morgan fingerprint density at radius 2 is 1.96 bits per heavy atom. The van der Waals surface area contributed by atoms with Gasteiger partial charge in [0, 0.05) is 39.3 Å². The molecule has 2 aliphatic rings. The second kappa shape index (κ2) is 8.33. The van der Waals surface area contributed by atoms with Crippen LogP contribution in [0.4, 0.5) is 0 Å². The van der Waals surface area contributed by atoms with Gasteiger partial charge in [0.25, 0.3) is 0 Å². The van der Waals surface area contributed by atoms with Gasteiger partial charge < -0.3 is 14.5 Å². The standard InChI is InChI=1S/C21H32N2O2/c1-22(2)15-19-16-23(17-21(19)11-13-25-14-12-21)20(24)10-6-9-18-7-4-3-5-8-18/h3-5,7-8,19H,6,9-17H2,1-2H3/t19-/m0/s1. The van der Waals surface area contributed by atoms with Gasteiger partial charge in [0.1, 0.15) is 0 Å². The molecule has 2 aliphatic heterocycles. The Hall–Kier alpha value is -1.39. The first kappa shape index (κ1) is 18.4. The van der Waals surface area contributed by atoms with Crippen LogP contribution >= 0.6 is 0 Å². The largest absolute Gasteiger partial charge is 0.381 e. The summed E-state index contributed by atoms with van der Waals surface area (Å²) < 4.78 is 5.60. The molecule has 0 N–H and O–H groups in total. The lowest BCUT2D eigenvalue weighted by atomic mass is 9.72. The molecule has 0 radical (unpaired) electrons. The number of likely N-dealkylation sites (tertiary alicyclic amines) is 1. The van der Waals surface area contributed by atoms with Gasteiger partial charge in [-0.25, -0.2) is 0 Å². The van der Waals surface area contributed by atoms with Crippen LogP contribution in [-0.4, -0.2) is 62.7 Å². The van der Waals surface area contributed by atoms with Crippen LogP contribution in [0.15, 0.2) is 30.3 Å². The lowest BCUT2D eigenvalue weighted by molar-refractivity contribution is -0.131. The lowest BCUT2D eigenvalue weighted by Gasteiger charge is -2.38. The summed E-state index contributed by atoms with van der Waals surface area (Å²) in [6, 6.07) is 10.5. The molecule has 0 bridgehead atoms. The van der Waals surface area contributed by atoms with Crippen molar-refractivity contribution < 1.29 is 9.53 Å². The maximum atomic E-state index is 12.8. The highest BCUT2D eigenvalue weighted by Crippen LogP contribution is 2.44. The van der Waals surface area contributed by atoms with Crippen molar-refractivity contribution in [3.8, 4) is 0 Å². The molecule has 0 saturated carbocycles. The number of hydrogen-bond donors (Lipinski definition) is 0. The van der Waals surface area contributed by atoms with Gasteiger partial charge in [-0.1, -0.05) is 30.3 Å². The number of nitrogens with zero attached hydrogens (tertiary/aromatic N) is 2. The fraction of sp³-hybridized carbons (Fsp3) is 0.667. The molecule has 1 spiro atoms. The quantitative estimate of drug-likeness (QED) is 0.795. The molecule has 2 heterocycles. The Kier molecular flexibility index (Phi) is 6.13. The monoisotopic (exact) mass is 344 g/mol. The zero-order valence-corrected chi connectivity index (χ0v) is 15.7. The van der Waals surface area contributed by atoms with Crippen molar-refractivity contribution in [3.63, 3.8) is 0 Å². The van der Waals surface area contributed by atoms with E-state index in [1.807, 2.05) is 6.07 Å². The highest BCUT2D eigenvalue weighted by Gasteiger charge is 2.48. The first-order valence-electron chi connectivity index (χ1n) is 9.63. The van der Waals surface area contributed by atoms with Gasteiger partial charge in [-0.15, -0.1) is 0 Å². The van der Waals surface area contributed by atoms with E-state index in [9.17, 15) is 4.79 Å². The molecular formula is C21H32N2O2. The van der Waals surface area contributed by atoms with E-state index in [1.165, 1.54) is 5.56 Å². The number of hydrogen-bond acceptors (Lipinski definition) is 3. The molecule has 3 rings (SSSR count). The highest BCUT2D eigenvalue weighted by atomic mass is 16.5. The maximum absolute atomic E-state index is 12.8. The summed E-state index contributed by atoms with van der Waals surface area (Å²) >= 11 is 0. The van der Waals surface area contributed by atoms with E-state index in [4.69, 9.17) is 4.74 Å². The van der Waals surface area contributed by atoms with Gasteiger partial charge in [-0.2, -0.15) is 0 Å². The molecule has 0 unspecified atom stereocenters. The molecule has 1 amide bonds. The van der Waals surface area contributed by atoms with Crippen molar-refractivity contribution in [2.45, 2.75) is 32.1 Å². The summed E-state index contributed by atoms with van der Waals surface area (Å²) in [7, 11) is 4.27. The van der Waals surface area contributed by atoms with E-state index in [0.717, 1.165) is 58.5 Å². The average molecular weight is 344 g/mol. The Labute approximate surface area is 152 Å². The van der Waals surface area contributed by atoms with Crippen LogP contribution in [0.5, 0.6) is 0 Å². The predicted octanol–water partition coefficient (Wildman–Crippen LogP) is 2.83. The number of rotatable bonds is 6. The van der Waals surface area contributed by atoms with Crippen molar-refractivity contribution in [3.05, 3.63) is 35.9 Å². The first-order chi connectivity index (χ1) is 12.1. The molecule has 2 saturated heterocycles. The fourth-order valence-electron chi connectivity index (χ4n) is 4.51. The molecule has 4 heteroatoms. The third kappa shape index (κ3) is 4.62. The second-order valence-corrected chi connectivity index (χ2v) is 8.05. The summed E-state index contributed by atoms with van der Waals surface area (Å²) in [6.07, 6.45) is 4.78. The van der Waals surface area contributed by atoms with E-state index < -0.39 is 0 Å². The number of amides is 1. The number of benzene rings is 1. The van der Waals surface area contributed by atoms with Gasteiger partial charge in [0.2, 0.25) is 5.91 Å². The molecule has 1 aromatic rings. The second-order valence-electron chi connectivity index (χ2n) is 8.05. The van der Waals surface area contributed by atoms with Crippen LogP contribution < -0.4 is 0 Å². The third-order valence-electron chi connectivity index (χ3n) is 5.94. The highest BCUT2D eigenvalue weighted by molar-refractivity contribution is 5.76. The topological polar surface area (TPSA) is 32.8 Å². The normalized spacial score (nSPS) is 22.7. The number of carbonyl (C=O) groups excluding carboxylic acids is 1. The fourth-order valence-corrected chi connectivity index (χ4v) is 4.51. The molecule has 1 atom stereocenters. The molecule has 25 heavy (non-hydrogen) atoms. The number of aryl methyl sites for hydroxylation is 1. The minimum atomic E-state index is 0.275. The predicted molar refractivity (Wildman–Crippen MR) is 100 cm³/mol. The Morgan fingerprint density at radius 1 is 1.24 bits per heavy atom. The Bertz CT molecular complexity index is 552. The van der Waals surface area contributed by atoms with Gasteiger partial charge in [0.05, 0.1) is 0 Å². The summed E-state index contributed by atoms with van der Waals surface area (Å²) in [5.41, 5.74) is 1.60. The number of ether oxygens (including phenoxy) is 1. The Morgan fingerprint density at radius 3 is 2.64 bits per heavy atom. The first-order valence-corrected chi connectivity index (χ1v) is 9.63. The summed E-state index contributed by atoms with van der Waals surface area (Å²) in [5.74, 6) is 0.910. The SMILES string of the molecule is CN(C)C[C@H]1CN(C(=O)CCCc2ccccc2)CC12CCOCC2. The average Bonchev–Trinajstić information content (AvgIpc) is 2.94. The van der Waals surface area contributed by atoms with Crippen LogP contribution in [0.1, 0.15) is 31.2 Å². The molecule has 1 aromatic carbocycles.